The Balaban J connectivity index is 2.52. The number of carbonyl (C=O) groups is 1. The molecule has 0 aliphatic carbocycles. The van der Waals surface area contributed by atoms with Crippen molar-refractivity contribution in [3.8, 4) is 0 Å². The molecule has 1 unspecified atom stereocenters. The number of anilines is 1. The van der Waals surface area contributed by atoms with E-state index in [0.29, 0.717) is 12.3 Å². The van der Waals surface area contributed by atoms with E-state index in [1.807, 2.05) is 0 Å². The van der Waals surface area contributed by atoms with Gasteiger partial charge < -0.3 is 16.2 Å². The number of nitrogens with zero attached hydrogens (tertiary/aromatic N) is 2. The van der Waals surface area contributed by atoms with Gasteiger partial charge in [0.2, 0.25) is 0 Å². The fraction of sp³-hybridized carbons (Fsp3) is 0.615. The average Bonchev–Trinajstić information content (AvgIpc) is 2.34. The van der Waals surface area contributed by atoms with Gasteiger partial charge >= 0.3 is 0 Å². The molecule has 1 aromatic rings. The number of hydrogen-bond acceptors (Lipinski definition) is 5. The minimum atomic E-state index is -0.934. The molecule has 0 bridgehead atoms. The maximum absolute atomic E-state index is 11.8. The third-order valence-electron chi connectivity index (χ3n) is 2.83. The van der Waals surface area contributed by atoms with Crippen LogP contribution in [-0.2, 0) is 0 Å². The van der Waals surface area contributed by atoms with Gasteiger partial charge in [0.25, 0.3) is 5.91 Å². The molecule has 1 atom stereocenters. The van der Waals surface area contributed by atoms with E-state index in [0.717, 1.165) is 6.42 Å². The Kier molecular flexibility index (Phi) is 5.23. The third kappa shape index (κ3) is 5.21. The smallest absolute Gasteiger partial charge is 0.273 e. The van der Waals surface area contributed by atoms with Crippen LogP contribution in [0, 0.1) is 5.92 Å². The quantitative estimate of drug-likeness (QED) is 0.712. The van der Waals surface area contributed by atoms with Gasteiger partial charge in [0.15, 0.2) is 11.5 Å². The third-order valence-corrected chi connectivity index (χ3v) is 2.83. The number of hydrogen-bond donors (Lipinski definition) is 3. The molecular weight excluding hydrogens is 244 g/mol. The Bertz CT molecular complexity index is 432. The highest BCUT2D eigenvalue weighted by Crippen LogP contribution is 2.15. The van der Waals surface area contributed by atoms with E-state index in [1.54, 1.807) is 6.92 Å². The predicted octanol–water partition coefficient (Wildman–Crippen LogP) is 0.976. The molecule has 6 heteroatoms. The van der Waals surface area contributed by atoms with Gasteiger partial charge in [-0.05, 0) is 25.7 Å². The first-order valence-corrected chi connectivity index (χ1v) is 6.39. The number of rotatable bonds is 6. The van der Waals surface area contributed by atoms with Crippen LogP contribution in [-0.4, -0.2) is 33.1 Å². The molecule has 4 N–H and O–H groups in total. The van der Waals surface area contributed by atoms with Crippen LogP contribution in [0.2, 0.25) is 0 Å². The first-order chi connectivity index (χ1) is 8.82. The summed E-state index contributed by atoms with van der Waals surface area (Å²) in [5.74, 6) is 0.176. The highest BCUT2D eigenvalue weighted by Gasteiger charge is 2.22. The van der Waals surface area contributed by atoms with E-state index in [2.05, 4.69) is 29.1 Å². The Hall–Kier alpha value is -1.69. The highest BCUT2D eigenvalue weighted by atomic mass is 16.3. The van der Waals surface area contributed by atoms with Crippen LogP contribution in [0.1, 0.15) is 44.1 Å². The second-order valence-corrected chi connectivity index (χ2v) is 5.40. The van der Waals surface area contributed by atoms with Gasteiger partial charge in [-0.1, -0.05) is 13.8 Å². The number of nitrogens with one attached hydrogen (secondary N) is 1. The molecule has 1 heterocycles. The topological polar surface area (TPSA) is 101 Å². The lowest BCUT2D eigenvalue weighted by molar-refractivity contribution is 0.0428. The van der Waals surface area contributed by atoms with Crippen LogP contribution in [0.4, 0.5) is 5.82 Å². The van der Waals surface area contributed by atoms with E-state index < -0.39 is 11.5 Å². The fourth-order valence-corrected chi connectivity index (χ4v) is 1.57. The van der Waals surface area contributed by atoms with Crippen molar-refractivity contribution in [2.75, 3.05) is 12.3 Å². The van der Waals surface area contributed by atoms with Gasteiger partial charge in [0.1, 0.15) is 0 Å². The maximum Gasteiger partial charge on any atom is 0.273 e. The largest absolute Gasteiger partial charge is 0.388 e. The number of aliphatic hydroxyl groups is 1. The monoisotopic (exact) mass is 266 g/mol. The molecule has 0 saturated heterocycles. The molecule has 0 radical (unpaired) electrons. The second-order valence-electron chi connectivity index (χ2n) is 5.40. The summed E-state index contributed by atoms with van der Waals surface area (Å²) in [5, 5.41) is 12.8. The molecule has 106 valence electrons. The molecule has 0 aliphatic rings. The van der Waals surface area contributed by atoms with E-state index in [4.69, 9.17) is 5.73 Å². The SMILES string of the molecule is CC(C)CCC(C)(O)CNC(=O)c1nccnc1N. The molecule has 1 rings (SSSR count). The van der Waals surface area contributed by atoms with Crippen molar-refractivity contribution in [1.82, 2.24) is 15.3 Å². The summed E-state index contributed by atoms with van der Waals surface area (Å²) in [4.78, 5) is 19.5. The summed E-state index contributed by atoms with van der Waals surface area (Å²) >= 11 is 0. The van der Waals surface area contributed by atoms with Crippen LogP contribution in [0.15, 0.2) is 12.4 Å². The summed E-state index contributed by atoms with van der Waals surface area (Å²) in [6, 6.07) is 0. The van der Waals surface area contributed by atoms with Gasteiger partial charge in [-0.3, -0.25) is 4.79 Å². The zero-order valence-electron chi connectivity index (χ0n) is 11.7. The molecule has 0 aliphatic heterocycles. The van der Waals surface area contributed by atoms with E-state index in [-0.39, 0.29) is 18.1 Å². The van der Waals surface area contributed by atoms with Crippen molar-refractivity contribution in [1.29, 1.82) is 0 Å². The summed E-state index contributed by atoms with van der Waals surface area (Å²) in [6.45, 7) is 6.05. The van der Waals surface area contributed by atoms with Gasteiger partial charge in [-0.25, -0.2) is 9.97 Å². The van der Waals surface area contributed by atoms with E-state index in [9.17, 15) is 9.90 Å². The molecule has 19 heavy (non-hydrogen) atoms. The van der Waals surface area contributed by atoms with Gasteiger partial charge in [-0.15, -0.1) is 0 Å². The molecule has 0 spiro atoms. The Morgan fingerprint density at radius 2 is 2.11 bits per heavy atom. The lowest BCUT2D eigenvalue weighted by Gasteiger charge is -2.24. The number of nitrogens with two attached hydrogens (primary N) is 1. The van der Waals surface area contributed by atoms with Crippen LogP contribution < -0.4 is 11.1 Å². The first kappa shape index (κ1) is 15.4. The van der Waals surface area contributed by atoms with Crippen LogP contribution in [0.3, 0.4) is 0 Å². The van der Waals surface area contributed by atoms with Crippen molar-refractivity contribution in [3.63, 3.8) is 0 Å². The predicted molar refractivity (Wildman–Crippen MR) is 73.5 cm³/mol. The molecule has 6 nitrogen and oxygen atoms in total. The second kappa shape index (κ2) is 6.47. The first-order valence-electron chi connectivity index (χ1n) is 6.39. The van der Waals surface area contributed by atoms with Gasteiger partial charge in [0.05, 0.1) is 5.60 Å². The molecule has 1 aromatic heterocycles. The number of nitrogen functional groups attached to an aromatic ring is 1. The standard InChI is InChI=1S/C13H22N4O2/c1-9(2)4-5-13(3,19)8-17-12(18)10-11(14)16-7-6-15-10/h6-7,9,19H,4-5,8H2,1-3H3,(H2,14,16)(H,17,18). The molecule has 1 amide bonds. The van der Waals surface area contributed by atoms with Crippen molar-refractivity contribution >= 4 is 11.7 Å². The lowest BCUT2D eigenvalue weighted by Crippen LogP contribution is -2.41. The molecule has 0 aromatic carbocycles. The van der Waals surface area contributed by atoms with Crippen LogP contribution >= 0.6 is 0 Å². The maximum atomic E-state index is 11.8. The Labute approximate surface area is 113 Å². The molecule has 0 fully saturated rings. The minimum Gasteiger partial charge on any atom is -0.388 e. The van der Waals surface area contributed by atoms with E-state index in [1.165, 1.54) is 12.4 Å². The zero-order chi connectivity index (χ0) is 14.5. The van der Waals surface area contributed by atoms with Crippen molar-refractivity contribution in [2.45, 2.75) is 39.2 Å². The number of amides is 1. The number of aromatic nitrogens is 2. The normalized spacial score (nSPS) is 14.2. The van der Waals surface area contributed by atoms with Crippen molar-refractivity contribution < 1.29 is 9.90 Å². The summed E-state index contributed by atoms with van der Waals surface area (Å²) in [6.07, 6.45) is 4.35. The fourth-order valence-electron chi connectivity index (χ4n) is 1.57. The van der Waals surface area contributed by atoms with E-state index >= 15 is 0 Å². The van der Waals surface area contributed by atoms with Gasteiger partial charge in [0, 0.05) is 18.9 Å². The zero-order valence-corrected chi connectivity index (χ0v) is 11.7. The van der Waals surface area contributed by atoms with Crippen molar-refractivity contribution in [3.05, 3.63) is 18.1 Å². The summed E-state index contributed by atoms with van der Waals surface area (Å²) in [5.41, 5.74) is 4.71. The van der Waals surface area contributed by atoms with Crippen LogP contribution in [0.25, 0.3) is 0 Å². The Morgan fingerprint density at radius 3 is 2.68 bits per heavy atom. The summed E-state index contributed by atoms with van der Waals surface area (Å²) < 4.78 is 0. The minimum absolute atomic E-state index is 0.0850. The Morgan fingerprint density at radius 1 is 1.47 bits per heavy atom. The van der Waals surface area contributed by atoms with Gasteiger partial charge in [-0.2, -0.15) is 0 Å². The molecule has 0 saturated carbocycles. The van der Waals surface area contributed by atoms with Crippen LogP contribution in [0.5, 0.6) is 0 Å². The summed E-state index contributed by atoms with van der Waals surface area (Å²) in [7, 11) is 0. The number of carbonyl (C=O) groups excluding carboxylic acids is 1. The highest BCUT2D eigenvalue weighted by molar-refractivity contribution is 5.96. The lowest BCUT2D eigenvalue weighted by atomic mass is 9.95. The van der Waals surface area contributed by atoms with Crippen molar-refractivity contribution in [2.24, 2.45) is 5.92 Å². The average molecular weight is 266 g/mol. The molecular formula is C13H22N4O2.